The van der Waals surface area contributed by atoms with Gasteiger partial charge in [-0.15, -0.1) is 0 Å². The molecule has 0 spiro atoms. The highest BCUT2D eigenvalue weighted by Crippen LogP contribution is 2.16. The van der Waals surface area contributed by atoms with E-state index in [9.17, 15) is 4.79 Å². The Kier molecular flexibility index (Phi) is 6.17. The zero-order valence-corrected chi connectivity index (χ0v) is 14.9. The molecule has 3 aromatic rings. The number of hydrogen-bond donors (Lipinski definition) is 2. The molecule has 26 heavy (non-hydrogen) atoms. The molecule has 1 atom stereocenters. The number of nitrogens with one attached hydrogen (secondary N) is 2. The van der Waals surface area contributed by atoms with Gasteiger partial charge in [0.05, 0.1) is 6.33 Å². The van der Waals surface area contributed by atoms with Crippen molar-refractivity contribution in [3.05, 3.63) is 84.4 Å². The van der Waals surface area contributed by atoms with Crippen LogP contribution < -0.4 is 10.6 Å². The average Bonchev–Trinajstić information content (AvgIpc) is 3.18. The van der Waals surface area contributed by atoms with Crippen LogP contribution in [0.5, 0.6) is 0 Å². The minimum atomic E-state index is -0.389. The number of hydrogen-bond acceptors (Lipinski definition) is 3. The fourth-order valence-corrected chi connectivity index (χ4v) is 2.79. The van der Waals surface area contributed by atoms with Gasteiger partial charge in [0.1, 0.15) is 6.04 Å². The molecule has 0 radical (unpaired) electrons. The molecule has 0 aliphatic heterocycles. The molecule has 2 N–H and O–H groups in total. The number of rotatable bonds is 8. The van der Waals surface area contributed by atoms with E-state index in [1.54, 1.807) is 12.5 Å². The van der Waals surface area contributed by atoms with Gasteiger partial charge in [-0.05, 0) is 37.6 Å². The van der Waals surface area contributed by atoms with E-state index in [1.807, 2.05) is 72.3 Å². The van der Waals surface area contributed by atoms with Crippen LogP contribution in [-0.4, -0.2) is 22.0 Å². The van der Waals surface area contributed by atoms with E-state index in [-0.39, 0.29) is 11.9 Å². The number of anilines is 1. The second-order valence-corrected chi connectivity index (χ2v) is 6.31. The van der Waals surface area contributed by atoms with Crippen LogP contribution in [0.15, 0.2) is 73.3 Å². The first-order valence-electron chi connectivity index (χ1n) is 8.84. The Balaban J connectivity index is 1.62. The minimum absolute atomic E-state index is 0.0531. The summed E-state index contributed by atoms with van der Waals surface area (Å²) in [5, 5.41) is 6.39. The van der Waals surface area contributed by atoms with Gasteiger partial charge in [0.2, 0.25) is 5.91 Å². The third kappa shape index (κ3) is 5.04. The van der Waals surface area contributed by atoms with Crippen LogP contribution in [0.4, 0.5) is 5.69 Å². The minimum Gasteiger partial charge on any atom is -0.337 e. The van der Waals surface area contributed by atoms with Crippen molar-refractivity contribution in [1.82, 2.24) is 14.9 Å². The average molecular weight is 348 g/mol. The molecular formula is C21H24N4O. The summed E-state index contributed by atoms with van der Waals surface area (Å²) in [7, 11) is 0. The molecule has 0 aliphatic rings. The fraction of sp³-hybridized carbons (Fsp3) is 0.238. The highest BCUT2D eigenvalue weighted by atomic mass is 16.2. The van der Waals surface area contributed by atoms with Crippen molar-refractivity contribution in [2.75, 3.05) is 11.9 Å². The van der Waals surface area contributed by atoms with Gasteiger partial charge in [0.25, 0.3) is 0 Å². The summed E-state index contributed by atoms with van der Waals surface area (Å²) in [5.41, 5.74) is 2.93. The molecule has 0 bridgehead atoms. The number of imidazole rings is 1. The second-order valence-electron chi connectivity index (χ2n) is 6.31. The van der Waals surface area contributed by atoms with Gasteiger partial charge in [-0.25, -0.2) is 4.98 Å². The Morgan fingerprint density at radius 2 is 1.88 bits per heavy atom. The molecule has 0 aliphatic carbocycles. The Morgan fingerprint density at radius 3 is 2.58 bits per heavy atom. The van der Waals surface area contributed by atoms with Crippen LogP contribution in [0.1, 0.15) is 23.6 Å². The predicted molar refractivity (Wildman–Crippen MR) is 104 cm³/mol. The number of aromatic nitrogens is 2. The quantitative estimate of drug-likeness (QED) is 0.612. The number of aryl methyl sites for hydroxylation is 2. The van der Waals surface area contributed by atoms with Crippen molar-refractivity contribution in [2.24, 2.45) is 0 Å². The number of nitrogens with zero attached hydrogens (tertiary/aromatic N) is 2. The Bertz CT molecular complexity index is 798. The maximum absolute atomic E-state index is 12.8. The monoisotopic (exact) mass is 348 g/mol. The van der Waals surface area contributed by atoms with E-state index in [2.05, 4.69) is 15.6 Å². The van der Waals surface area contributed by atoms with E-state index >= 15 is 0 Å². The van der Waals surface area contributed by atoms with Gasteiger partial charge >= 0.3 is 0 Å². The van der Waals surface area contributed by atoms with Gasteiger partial charge in [-0.1, -0.05) is 48.0 Å². The zero-order chi connectivity index (χ0) is 18.2. The molecule has 1 aromatic heterocycles. The Morgan fingerprint density at radius 1 is 1.12 bits per heavy atom. The summed E-state index contributed by atoms with van der Waals surface area (Å²) in [6.07, 6.45) is 6.43. The van der Waals surface area contributed by atoms with Crippen LogP contribution in [0, 0.1) is 6.92 Å². The maximum Gasteiger partial charge on any atom is 0.246 e. The highest BCUT2D eigenvalue weighted by Gasteiger charge is 2.19. The Hall–Kier alpha value is -2.92. The van der Waals surface area contributed by atoms with Gasteiger partial charge in [0, 0.05) is 24.6 Å². The molecule has 1 unspecified atom stereocenters. The van der Waals surface area contributed by atoms with Crippen LogP contribution >= 0.6 is 0 Å². The zero-order valence-electron chi connectivity index (χ0n) is 14.9. The molecule has 5 heteroatoms. The molecular weight excluding hydrogens is 324 g/mol. The molecule has 134 valence electrons. The molecule has 3 rings (SSSR count). The molecule has 1 heterocycles. The largest absolute Gasteiger partial charge is 0.337 e. The lowest BCUT2D eigenvalue weighted by atomic mass is 10.1. The first-order chi connectivity index (χ1) is 12.7. The Labute approximate surface area is 154 Å². The lowest BCUT2D eigenvalue weighted by Crippen LogP contribution is -2.34. The first-order valence-corrected chi connectivity index (χ1v) is 8.84. The van der Waals surface area contributed by atoms with Gasteiger partial charge < -0.3 is 15.2 Å². The molecule has 0 saturated carbocycles. The smallest absolute Gasteiger partial charge is 0.246 e. The summed E-state index contributed by atoms with van der Waals surface area (Å²) in [4.78, 5) is 16.9. The van der Waals surface area contributed by atoms with Gasteiger partial charge in [-0.2, -0.15) is 0 Å². The molecule has 1 amide bonds. The highest BCUT2D eigenvalue weighted by molar-refractivity contribution is 5.95. The van der Waals surface area contributed by atoms with Crippen molar-refractivity contribution in [2.45, 2.75) is 25.9 Å². The van der Waals surface area contributed by atoms with Crippen molar-refractivity contribution in [1.29, 1.82) is 0 Å². The van der Waals surface area contributed by atoms with Crippen LogP contribution in [0.25, 0.3) is 0 Å². The fourth-order valence-electron chi connectivity index (χ4n) is 2.79. The third-order valence-corrected chi connectivity index (χ3v) is 4.21. The van der Waals surface area contributed by atoms with Crippen LogP contribution in [0.2, 0.25) is 0 Å². The molecule has 5 nitrogen and oxygen atoms in total. The molecule has 0 fully saturated rings. The standard InChI is InChI=1S/C21H24N4O/c1-17-8-10-19(11-9-17)24-21(26)20(18-6-3-2-4-7-18)23-12-5-14-25-15-13-22-16-25/h2-4,6-11,13,15-16,20,23H,5,12,14H2,1H3,(H,24,26). The van der Waals surface area contributed by atoms with Crippen molar-refractivity contribution >= 4 is 11.6 Å². The summed E-state index contributed by atoms with van der Waals surface area (Å²) < 4.78 is 2.03. The number of benzene rings is 2. The summed E-state index contributed by atoms with van der Waals surface area (Å²) >= 11 is 0. The number of amides is 1. The normalized spacial score (nSPS) is 11.9. The summed E-state index contributed by atoms with van der Waals surface area (Å²) in [6, 6.07) is 17.3. The van der Waals surface area contributed by atoms with E-state index in [0.29, 0.717) is 0 Å². The van der Waals surface area contributed by atoms with Gasteiger partial charge in [0.15, 0.2) is 0 Å². The van der Waals surface area contributed by atoms with Crippen molar-refractivity contribution < 1.29 is 4.79 Å². The van der Waals surface area contributed by atoms with E-state index in [1.165, 1.54) is 5.56 Å². The number of carbonyl (C=O) groups excluding carboxylic acids is 1. The summed E-state index contributed by atoms with van der Waals surface area (Å²) in [6.45, 7) is 3.63. The van der Waals surface area contributed by atoms with E-state index < -0.39 is 0 Å². The topological polar surface area (TPSA) is 59.0 Å². The molecule has 0 saturated heterocycles. The van der Waals surface area contributed by atoms with E-state index in [0.717, 1.165) is 30.8 Å². The van der Waals surface area contributed by atoms with Gasteiger partial charge in [-0.3, -0.25) is 4.79 Å². The van der Waals surface area contributed by atoms with E-state index in [4.69, 9.17) is 0 Å². The van der Waals surface area contributed by atoms with Crippen molar-refractivity contribution in [3.63, 3.8) is 0 Å². The SMILES string of the molecule is Cc1ccc(NC(=O)C(NCCCn2ccnc2)c2ccccc2)cc1. The molecule has 2 aromatic carbocycles. The number of carbonyl (C=O) groups is 1. The first kappa shape index (κ1) is 17.9. The maximum atomic E-state index is 12.8. The van der Waals surface area contributed by atoms with Crippen LogP contribution in [-0.2, 0) is 11.3 Å². The predicted octanol–water partition coefficient (Wildman–Crippen LogP) is 3.55. The lowest BCUT2D eigenvalue weighted by molar-refractivity contribution is -0.118. The summed E-state index contributed by atoms with van der Waals surface area (Å²) in [5.74, 6) is -0.0531. The van der Waals surface area contributed by atoms with Crippen LogP contribution in [0.3, 0.4) is 0 Å². The second kappa shape index (κ2) is 8.97. The lowest BCUT2D eigenvalue weighted by Gasteiger charge is -2.19. The van der Waals surface area contributed by atoms with Crippen molar-refractivity contribution in [3.8, 4) is 0 Å². The third-order valence-electron chi connectivity index (χ3n) is 4.21.